The van der Waals surface area contributed by atoms with Crippen LogP contribution < -0.4 is 15.6 Å². The quantitative estimate of drug-likeness (QED) is 0.454. The van der Waals surface area contributed by atoms with Gasteiger partial charge in [-0.1, -0.05) is 18.2 Å². The highest BCUT2D eigenvalue weighted by Crippen LogP contribution is 2.25. The zero-order chi connectivity index (χ0) is 19.4. The van der Waals surface area contributed by atoms with Crippen molar-refractivity contribution in [1.82, 2.24) is 10.3 Å². The number of benzene rings is 2. The van der Waals surface area contributed by atoms with E-state index in [2.05, 4.69) is 10.3 Å². The van der Waals surface area contributed by atoms with Gasteiger partial charge in [-0.2, -0.15) is 0 Å². The number of aromatic hydroxyl groups is 1. The van der Waals surface area contributed by atoms with Crippen molar-refractivity contribution in [3.63, 3.8) is 0 Å². The Kier molecular flexibility index (Phi) is 7.45. The van der Waals surface area contributed by atoms with Gasteiger partial charge >= 0.3 is 0 Å². The highest BCUT2D eigenvalue weighted by atomic mass is 35.5. The minimum Gasteiger partial charge on any atom is -0.506 e. The van der Waals surface area contributed by atoms with E-state index in [1.54, 1.807) is 19.2 Å². The van der Waals surface area contributed by atoms with Crippen molar-refractivity contribution in [3.05, 3.63) is 70.0 Å². The monoisotopic (exact) mass is 404 g/mol. The van der Waals surface area contributed by atoms with Crippen LogP contribution in [-0.4, -0.2) is 34.6 Å². The first kappa shape index (κ1) is 21.8. The molecule has 2 aromatic carbocycles. The molecule has 0 saturated carbocycles. The highest BCUT2D eigenvalue weighted by Gasteiger charge is 2.13. The lowest BCUT2D eigenvalue weighted by Gasteiger charge is -2.20. The van der Waals surface area contributed by atoms with Crippen molar-refractivity contribution in [3.8, 4) is 11.5 Å². The van der Waals surface area contributed by atoms with Crippen LogP contribution in [0.4, 0.5) is 0 Å². The Balaban J connectivity index is 0.00000280. The number of aromatic nitrogens is 1. The van der Waals surface area contributed by atoms with E-state index < -0.39 is 6.23 Å². The van der Waals surface area contributed by atoms with E-state index in [-0.39, 0.29) is 29.8 Å². The van der Waals surface area contributed by atoms with Crippen LogP contribution in [0.3, 0.4) is 0 Å². The van der Waals surface area contributed by atoms with Gasteiger partial charge in [0.25, 0.3) is 0 Å². The Morgan fingerprint density at radius 2 is 1.79 bits per heavy atom. The van der Waals surface area contributed by atoms with E-state index in [0.29, 0.717) is 11.9 Å². The minimum absolute atomic E-state index is 0. The molecule has 0 bridgehead atoms. The predicted molar refractivity (Wildman–Crippen MR) is 112 cm³/mol. The summed E-state index contributed by atoms with van der Waals surface area (Å²) in [6, 6.07) is 14.3. The molecule has 0 radical (unpaired) electrons. The Morgan fingerprint density at radius 3 is 2.46 bits per heavy atom. The summed E-state index contributed by atoms with van der Waals surface area (Å²) in [5.74, 6) is 0.832. The van der Waals surface area contributed by atoms with Crippen molar-refractivity contribution in [1.29, 1.82) is 0 Å². The van der Waals surface area contributed by atoms with E-state index >= 15 is 0 Å². The molecule has 0 aliphatic heterocycles. The van der Waals surface area contributed by atoms with E-state index in [9.17, 15) is 15.0 Å². The average Bonchev–Trinajstić information content (AvgIpc) is 2.64. The number of ether oxygens (including phenoxy) is 1. The maximum absolute atomic E-state index is 11.5. The lowest BCUT2D eigenvalue weighted by atomic mass is 10.0. The van der Waals surface area contributed by atoms with Gasteiger partial charge in [-0.05, 0) is 48.7 Å². The zero-order valence-electron chi connectivity index (χ0n) is 15.8. The number of rotatable bonds is 7. The summed E-state index contributed by atoms with van der Waals surface area (Å²) >= 11 is 0. The summed E-state index contributed by atoms with van der Waals surface area (Å²) in [5.41, 5.74) is 2.10. The van der Waals surface area contributed by atoms with Gasteiger partial charge in [-0.15, -0.1) is 12.4 Å². The standard InChI is InChI=1S/C21H24N2O4.ClH/c1-13(11-14-3-6-16(27-2)7-4-14)22-20(26)12-15-5-9-18(24)21-17(15)8-10-19(25)23-21;/h3-10,13,20,22,24,26H,11-12H2,1-2H3,(H,23,25);1H/t13-,20?;/m1./s1. The molecule has 1 unspecified atom stereocenters. The molecular weight excluding hydrogens is 380 g/mol. The predicted octanol–water partition coefficient (Wildman–Crippen LogP) is 2.75. The number of nitrogens with one attached hydrogen (secondary N) is 2. The van der Waals surface area contributed by atoms with Crippen molar-refractivity contribution in [2.45, 2.75) is 32.0 Å². The van der Waals surface area contributed by atoms with Crippen molar-refractivity contribution < 1.29 is 14.9 Å². The molecule has 0 aliphatic carbocycles. The van der Waals surface area contributed by atoms with Gasteiger partial charge in [0.15, 0.2) is 0 Å². The Bertz CT molecular complexity index is 972. The largest absolute Gasteiger partial charge is 0.506 e. The molecule has 0 spiro atoms. The van der Waals surface area contributed by atoms with Gasteiger partial charge in [0.2, 0.25) is 5.56 Å². The van der Waals surface area contributed by atoms with E-state index in [1.165, 1.54) is 12.1 Å². The third-order valence-corrected chi connectivity index (χ3v) is 4.55. The number of aromatic amines is 1. The van der Waals surface area contributed by atoms with Crippen LogP contribution in [0.2, 0.25) is 0 Å². The number of H-pyrrole nitrogens is 1. The maximum atomic E-state index is 11.5. The van der Waals surface area contributed by atoms with Crippen LogP contribution in [0.5, 0.6) is 11.5 Å². The van der Waals surface area contributed by atoms with Gasteiger partial charge < -0.3 is 19.9 Å². The summed E-state index contributed by atoms with van der Waals surface area (Å²) in [6.45, 7) is 2.01. The molecule has 3 rings (SSSR count). The summed E-state index contributed by atoms with van der Waals surface area (Å²) in [6.07, 6.45) is 0.374. The fourth-order valence-electron chi connectivity index (χ4n) is 3.24. The van der Waals surface area contributed by atoms with E-state index in [0.717, 1.165) is 28.7 Å². The first-order valence-corrected chi connectivity index (χ1v) is 8.87. The number of aliphatic hydroxyl groups is 1. The maximum Gasteiger partial charge on any atom is 0.248 e. The summed E-state index contributed by atoms with van der Waals surface area (Å²) in [4.78, 5) is 14.1. The van der Waals surface area contributed by atoms with Crippen LogP contribution in [0.25, 0.3) is 10.9 Å². The molecule has 1 heterocycles. The molecule has 6 nitrogen and oxygen atoms in total. The van der Waals surface area contributed by atoms with E-state index in [1.807, 2.05) is 31.2 Å². The topological polar surface area (TPSA) is 94.6 Å². The van der Waals surface area contributed by atoms with Crippen LogP contribution in [0, 0.1) is 0 Å². The smallest absolute Gasteiger partial charge is 0.248 e. The number of halogens is 1. The van der Waals surface area contributed by atoms with Crippen LogP contribution in [0.15, 0.2) is 53.3 Å². The van der Waals surface area contributed by atoms with Crippen molar-refractivity contribution in [2.24, 2.45) is 0 Å². The van der Waals surface area contributed by atoms with Crippen LogP contribution >= 0.6 is 12.4 Å². The lowest BCUT2D eigenvalue weighted by molar-refractivity contribution is 0.125. The number of phenols is 1. The molecule has 0 saturated heterocycles. The number of phenolic OH excluding ortho intramolecular Hbond substituents is 1. The third-order valence-electron chi connectivity index (χ3n) is 4.55. The first-order valence-electron chi connectivity index (χ1n) is 8.87. The molecule has 7 heteroatoms. The Labute approximate surface area is 169 Å². The molecular formula is C21H25ClN2O4. The zero-order valence-corrected chi connectivity index (χ0v) is 16.6. The molecule has 0 amide bonds. The molecule has 2 atom stereocenters. The number of pyridine rings is 1. The van der Waals surface area contributed by atoms with Crippen molar-refractivity contribution >= 4 is 23.3 Å². The molecule has 150 valence electrons. The minimum atomic E-state index is -0.752. The average molecular weight is 405 g/mol. The first-order chi connectivity index (χ1) is 13.0. The van der Waals surface area contributed by atoms with Crippen LogP contribution in [0.1, 0.15) is 18.1 Å². The number of fused-ring (bicyclic) bond motifs is 1. The van der Waals surface area contributed by atoms with Gasteiger partial charge in [0.05, 0.1) is 12.6 Å². The number of aliphatic hydroxyl groups excluding tert-OH is 1. The second kappa shape index (κ2) is 9.59. The molecule has 4 N–H and O–H groups in total. The second-order valence-electron chi connectivity index (χ2n) is 6.69. The fraction of sp³-hybridized carbons (Fsp3) is 0.286. The number of hydrogen-bond acceptors (Lipinski definition) is 5. The van der Waals surface area contributed by atoms with E-state index in [4.69, 9.17) is 4.74 Å². The summed E-state index contributed by atoms with van der Waals surface area (Å²) in [7, 11) is 1.64. The molecule has 1 aromatic heterocycles. The van der Waals surface area contributed by atoms with Crippen molar-refractivity contribution in [2.75, 3.05) is 7.11 Å². The molecule has 3 aromatic rings. The number of methoxy groups -OCH3 is 1. The Morgan fingerprint density at radius 1 is 1.07 bits per heavy atom. The van der Waals surface area contributed by atoms with Crippen LogP contribution in [-0.2, 0) is 12.8 Å². The second-order valence-corrected chi connectivity index (χ2v) is 6.69. The van der Waals surface area contributed by atoms with Gasteiger partial charge in [-0.25, -0.2) is 0 Å². The SMILES string of the molecule is COc1ccc(C[C@@H](C)NC(O)Cc2ccc(O)c3[nH]c(=O)ccc23)cc1.Cl. The Hall–Kier alpha value is -2.54. The van der Waals surface area contributed by atoms with Gasteiger partial charge in [-0.3, -0.25) is 10.1 Å². The molecule has 0 aliphatic rings. The molecule has 28 heavy (non-hydrogen) atoms. The summed E-state index contributed by atoms with van der Waals surface area (Å²) < 4.78 is 5.16. The highest BCUT2D eigenvalue weighted by molar-refractivity contribution is 5.87. The number of hydrogen-bond donors (Lipinski definition) is 4. The lowest BCUT2D eigenvalue weighted by Crippen LogP contribution is -2.39. The molecule has 0 fully saturated rings. The fourth-order valence-corrected chi connectivity index (χ4v) is 3.24. The third kappa shape index (κ3) is 5.25. The summed E-state index contributed by atoms with van der Waals surface area (Å²) in [5, 5.41) is 24.3. The normalized spacial score (nSPS) is 13.0. The van der Waals surface area contributed by atoms with Gasteiger partial charge in [0.1, 0.15) is 17.7 Å². The van der Waals surface area contributed by atoms with Gasteiger partial charge in [0, 0.05) is 23.9 Å².